The molecule has 0 aliphatic heterocycles. The van der Waals surface area contributed by atoms with Crippen LogP contribution in [0.5, 0.6) is 0 Å². The molecule has 0 atom stereocenters. The number of benzene rings is 2. The van der Waals surface area contributed by atoms with Crippen LogP contribution in [-0.2, 0) is 14.9 Å². The van der Waals surface area contributed by atoms with Crippen molar-refractivity contribution in [1.29, 1.82) is 0 Å². The molecule has 0 heterocycles. The van der Waals surface area contributed by atoms with Crippen LogP contribution in [0.4, 0.5) is 5.69 Å². The number of aliphatic carboxylic acids is 1. The third-order valence-electron chi connectivity index (χ3n) is 2.81. The Morgan fingerprint density at radius 1 is 1.20 bits per heavy atom. The third-order valence-corrected chi connectivity index (χ3v) is 3.66. The lowest BCUT2D eigenvalue weighted by Crippen LogP contribution is -2.07. The zero-order chi connectivity index (χ0) is 14.8. The van der Waals surface area contributed by atoms with Crippen molar-refractivity contribution in [3.63, 3.8) is 0 Å². The van der Waals surface area contributed by atoms with Crippen molar-refractivity contribution in [2.75, 3.05) is 11.9 Å². The zero-order valence-electron chi connectivity index (χ0n) is 10.4. The number of nitrogens with one attached hydrogen (secondary N) is 1. The van der Waals surface area contributed by atoms with Crippen LogP contribution >= 0.6 is 0 Å². The van der Waals surface area contributed by atoms with Gasteiger partial charge in [0.05, 0.1) is 11.3 Å². The first kappa shape index (κ1) is 14.3. The normalized spacial score (nSPS) is 11.4. The highest BCUT2D eigenvalue weighted by Crippen LogP contribution is 2.26. The molecule has 6 nitrogen and oxygen atoms in total. The van der Waals surface area contributed by atoms with Crippen LogP contribution in [0.25, 0.3) is 10.8 Å². The van der Waals surface area contributed by atoms with Crippen molar-refractivity contribution in [3.8, 4) is 0 Å². The smallest absolute Gasteiger partial charge is 0.305 e. The molecule has 2 rings (SSSR count). The van der Waals surface area contributed by atoms with E-state index in [9.17, 15) is 13.2 Å². The van der Waals surface area contributed by atoms with Gasteiger partial charge >= 0.3 is 5.97 Å². The summed E-state index contributed by atoms with van der Waals surface area (Å²) in [5.41, 5.74) is 0.620. The van der Waals surface area contributed by atoms with E-state index in [2.05, 4.69) is 5.32 Å². The number of carbonyl (C=O) groups is 1. The van der Waals surface area contributed by atoms with Gasteiger partial charge in [-0.1, -0.05) is 18.2 Å². The van der Waals surface area contributed by atoms with E-state index in [4.69, 9.17) is 9.66 Å². The number of carboxylic acid groups (broad SMARTS) is 1. The zero-order valence-corrected chi connectivity index (χ0v) is 11.2. The number of fused-ring (bicyclic) bond motifs is 1. The number of hydrogen-bond donors (Lipinski definition) is 3. The molecule has 7 heteroatoms. The van der Waals surface area contributed by atoms with E-state index in [0.29, 0.717) is 11.1 Å². The van der Waals surface area contributed by atoms with Gasteiger partial charge in [0.15, 0.2) is 0 Å². The maximum atomic E-state index is 11.1. The Hall–Kier alpha value is -2.12. The Morgan fingerprint density at radius 2 is 1.95 bits per heavy atom. The van der Waals surface area contributed by atoms with Crippen molar-refractivity contribution in [1.82, 2.24) is 0 Å². The summed E-state index contributed by atoms with van der Waals surface area (Å²) in [5, 5.41) is 12.9. The van der Waals surface area contributed by atoms with Gasteiger partial charge in [-0.05, 0) is 23.6 Å². The van der Waals surface area contributed by atoms with E-state index in [-0.39, 0.29) is 17.9 Å². The van der Waals surface area contributed by atoms with Crippen LogP contribution < -0.4 is 5.32 Å². The molecule has 0 spiro atoms. The van der Waals surface area contributed by atoms with E-state index < -0.39 is 16.1 Å². The summed E-state index contributed by atoms with van der Waals surface area (Å²) < 4.78 is 31.4. The van der Waals surface area contributed by atoms with Crippen molar-refractivity contribution in [2.24, 2.45) is 0 Å². The minimum absolute atomic E-state index is 0.0472. The summed E-state index contributed by atoms with van der Waals surface area (Å²) >= 11 is 0. The summed E-state index contributed by atoms with van der Waals surface area (Å²) in [6.07, 6.45) is -0.0472. The van der Waals surface area contributed by atoms with E-state index >= 15 is 0 Å². The monoisotopic (exact) mass is 295 g/mol. The Bertz CT molecular complexity index is 754. The second-order valence-electron chi connectivity index (χ2n) is 4.23. The van der Waals surface area contributed by atoms with E-state index in [1.54, 1.807) is 24.3 Å². The molecule has 0 aliphatic rings. The summed E-state index contributed by atoms with van der Waals surface area (Å²) in [7, 11) is -4.27. The first-order valence-electron chi connectivity index (χ1n) is 5.84. The van der Waals surface area contributed by atoms with Crippen LogP contribution in [-0.4, -0.2) is 30.6 Å². The summed E-state index contributed by atoms with van der Waals surface area (Å²) in [6, 6.07) is 9.55. The second kappa shape index (κ2) is 5.48. The van der Waals surface area contributed by atoms with Gasteiger partial charge in [0, 0.05) is 17.6 Å². The SMILES string of the molecule is O=C(O)CCNc1cccc2ccc(S(=O)(=O)O)cc12. The van der Waals surface area contributed by atoms with Gasteiger partial charge in [0.25, 0.3) is 10.1 Å². The Labute approximate surface area is 115 Å². The average Bonchev–Trinajstić information content (AvgIpc) is 2.37. The van der Waals surface area contributed by atoms with Crippen molar-refractivity contribution in [2.45, 2.75) is 11.3 Å². The Kier molecular flexibility index (Phi) is 3.91. The predicted octanol–water partition coefficient (Wildman–Crippen LogP) is 1.97. The lowest BCUT2D eigenvalue weighted by molar-refractivity contribution is -0.136. The number of rotatable bonds is 5. The summed E-state index contributed by atoms with van der Waals surface area (Å²) in [6.45, 7) is 0.227. The molecule has 0 radical (unpaired) electrons. The van der Waals surface area contributed by atoms with Gasteiger partial charge in [0.2, 0.25) is 0 Å². The van der Waals surface area contributed by atoms with E-state index in [0.717, 1.165) is 5.39 Å². The molecule has 20 heavy (non-hydrogen) atoms. The fourth-order valence-corrected chi connectivity index (χ4v) is 2.38. The minimum atomic E-state index is -4.27. The van der Waals surface area contributed by atoms with Crippen molar-refractivity contribution < 1.29 is 22.9 Å². The molecule has 0 unspecified atom stereocenters. The van der Waals surface area contributed by atoms with Gasteiger partial charge in [-0.2, -0.15) is 8.42 Å². The van der Waals surface area contributed by atoms with Crippen LogP contribution in [0.15, 0.2) is 41.3 Å². The predicted molar refractivity (Wildman–Crippen MR) is 74.5 cm³/mol. The second-order valence-corrected chi connectivity index (χ2v) is 5.66. The first-order valence-corrected chi connectivity index (χ1v) is 7.28. The molecule has 0 aromatic heterocycles. The molecule has 0 amide bonds. The fraction of sp³-hybridized carbons (Fsp3) is 0.154. The lowest BCUT2D eigenvalue weighted by atomic mass is 10.1. The van der Waals surface area contributed by atoms with Crippen LogP contribution in [0.1, 0.15) is 6.42 Å². The highest BCUT2D eigenvalue weighted by Gasteiger charge is 2.11. The Balaban J connectivity index is 2.41. The van der Waals surface area contributed by atoms with Crippen molar-refractivity contribution in [3.05, 3.63) is 36.4 Å². The quantitative estimate of drug-likeness (QED) is 0.729. The molecular weight excluding hydrogens is 282 g/mol. The van der Waals surface area contributed by atoms with Crippen LogP contribution in [0.3, 0.4) is 0 Å². The summed E-state index contributed by atoms with van der Waals surface area (Å²) in [5.74, 6) is -0.920. The Morgan fingerprint density at radius 3 is 2.60 bits per heavy atom. The maximum absolute atomic E-state index is 11.1. The molecular formula is C13H13NO5S. The topological polar surface area (TPSA) is 104 Å². The van der Waals surface area contributed by atoms with E-state index in [1.165, 1.54) is 12.1 Å². The van der Waals surface area contributed by atoms with Crippen molar-refractivity contribution >= 4 is 32.5 Å². The molecule has 2 aromatic carbocycles. The van der Waals surface area contributed by atoms with Gasteiger partial charge in [-0.15, -0.1) is 0 Å². The standard InChI is InChI=1S/C13H13NO5S/c15-13(16)6-7-14-12-3-1-2-9-4-5-10(8-11(9)12)20(17,18)19/h1-5,8,14H,6-7H2,(H,15,16)(H,17,18,19). The molecule has 106 valence electrons. The third kappa shape index (κ3) is 3.25. The molecule has 0 aliphatic carbocycles. The summed E-state index contributed by atoms with van der Waals surface area (Å²) in [4.78, 5) is 10.3. The number of anilines is 1. The molecule has 0 fully saturated rings. The van der Waals surface area contributed by atoms with Crippen LogP contribution in [0.2, 0.25) is 0 Å². The number of hydrogen-bond acceptors (Lipinski definition) is 4. The van der Waals surface area contributed by atoms with Gasteiger partial charge in [-0.25, -0.2) is 0 Å². The molecule has 2 aromatic rings. The number of carboxylic acids is 1. The largest absolute Gasteiger partial charge is 0.481 e. The van der Waals surface area contributed by atoms with Crippen LogP contribution in [0, 0.1) is 0 Å². The first-order chi connectivity index (χ1) is 9.38. The molecule has 0 saturated heterocycles. The highest BCUT2D eigenvalue weighted by molar-refractivity contribution is 7.85. The van der Waals surface area contributed by atoms with Gasteiger partial charge in [-0.3, -0.25) is 9.35 Å². The van der Waals surface area contributed by atoms with E-state index in [1.807, 2.05) is 0 Å². The average molecular weight is 295 g/mol. The van der Waals surface area contributed by atoms with Gasteiger partial charge < -0.3 is 10.4 Å². The highest BCUT2D eigenvalue weighted by atomic mass is 32.2. The van der Waals surface area contributed by atoms with Gasteiger partial charge in [0.1, 0.15) is 0 Å². The maximum Gasteiger partial charge on any atom is 0.305 e. The molecule has 0 saturated carbocycles. The molecule has 0 bridgehead atoms. The minimum Gasteiger partial charge on any atom is -0.481 e. The fourth-order valence-electron chi connectivity index (χ4n) is 1.87. The molecule has 3 N–H and O–H groups in total. The lowest BCUT2D eigenvalue weighted by Gasteiger charge is -2.09.